The fraction of sp³-hybridized carbons (Fsp3) is 0.938. The molecule has 0 spiro atoms. The highest BCUT2D eigenvalue weighted by Gasteiger charge is 2.26. The van der Waals surface area contributed by atoms with Crippen LogP contribution in [0, 0.1) is 5.92 Å². The van der Waals surface area contributed by atoms with Gasteiger partial charge >= 0.3 is 0 Å². The van der Waals surface area contributed by atoms with Crippen LogP contribution in [0.3, 0.4) is 0 Å². The van der Waals surface area contributed by atoms with Gasteiger partial charge < -0.3 is 19.9 Å². The molecule has 0 aliphatic carbocycles. The molecule has 0 aromatic carbocycles. The normalized spacial score (nSPS) is 22.7. The highest BCUT2D eigenvalue weighted by atomic mass is 16.5. The van der Waals surface area contributed by atoms with Crippen molar-refractivity contribution in [3.05, 3.63) is 0 Å². The van der Waals surface area contributed by atoms with Gasteiger partial charge in [0.15, 0.2) is 0 Å². The fourth-order valence-electron chi connectivity index (χ4n) is 3.30. The van der Waals surface area contributed by atoms with Gasteiger partial charge in [-0.2, -0.15) is 0 Å². The van der Waals surface area contributed by atoms with E-state index in [0.717, 1.165) is 45.6 Å². The van der Waals surface area contributed by atoms with Gasteiger partial charge in [0, 0.05) is 32.1 Å². The summed E-state index contributed by atoms with van der Waals surface area (Å²) in [7, 11) is 1.89. The number of ether oxygens (including phenoxy) is 1. The number of rotatable bonds is 7. The van der Waals surface area contributed by atoms with E-state index in [4.69, 9.17) is 4.74 Å². The van der Waals surface area contributed by atoms with Gasteiger partial charge in [0.05, 0.1) is 12.7 Å². The molecule has 1 atom stereocenters. The van der Waals surface area contributed by atoms with Crippen molar-refractivity contribution in [2.45, 2.75) is 38.7 Å². The summed E-state index contributed by atoms with van der Waals surface area (Å²) in [6.07, 6.45) is 4.99. The van der Waals surface area contributed by atoms with Crippen molar-refractivity contribution in [2.24, 2.45) is 5.92 Å². The first-order chi connectivity index (χ1) is 10.2. The van der Waals surface area contributed by atoms with E-state index in [9.17, 15) is 4.79 Å². The van der Waals surface area contributed by atoms with Crippen LogP contribution in [0.15, 0.2) is 0 Å². The molecular formula is C16H31N3O2. The SMILES string of the molecule is CNCC(C)C(=O)N1CCC(OCCN2CCCC2)CC1. The maximum absolute atomic E-state index is 12.2. The topological polar surface area (TPSA) is 44.8 Å². The highest BCUT2D eigenvalue weighted by molar-refractivity contribution is 5.78. The summed E-state index contributed by atoms with van der Waals surface area (Å²) in [5, 5.41) is 3.07. The second-order valence-corrected chi connectivity index (χ2v) is 6.40. The van der Waals surface area contributed by atoms with Crippen LogP contribution in [0.2, 0.25) is 0 Å². The summed E-state index contributed by atoms with van der Waals surface area (Å²) in [6.45, 7) is 8.83. The van der Waals surface area contributed by atoms with Crippen LogP contribution in [-0.2, 0) is 9.53 Å². The van der Waals surface area contributed by atoms with E-state index in [-0.39, 0.29) is 11.8 Å². The summed E-state index contributed by atoms with van der Waals surface area (Å²) in [5.74, 6) is 0.350. The molecule has 1 N–H and O–H groups in total. The van der Waals surface area contributed by atoms with E-state index >= 15 is 0 Å². The van der Waals surface area contributed by atoms with Crippen LogP contribution in [0.25, 0.3) is 0 Å². The standard InChI is InChI=1S/C16H31N3O2/c1-14(13-17-2)16(20)19-9-5-15(6-10-19)21-12-11-18-7-3-4-8-18/h14-15,17H,3-13H2,1-2H3. The van der Waals surface area contributed by atoms with Crippen LogP contribution in [0.4, 0.5) is 0 Å². The highest BCUT2D eigenvalue weighted by Crippen LogP contribution is 2.16. The lowest BCUT2D eigenvalue weighted by Crippen LogP contribution is -2.45. The van der Waals surface area contributed by atoms with Gasteiger partial charge in [-0.25, -0.2) is 0 Å². The predicted molar refractivity (Wildman–Crippen MR) is 84.3 cm³/mol. The van der Waals surface area contributed by atoms with Crippen LogP contribution >= 0.6 is 0 Å². The minimum atomic E-state index is 0.0719. The average molecular weight is 297 g/mol. The maximum Gasteiger partial charge on any atom is 0.226 e. The van der Waals surface area contributed by atoms with Gasteiger partial charge in [-0.15, -0.1) is 0 Å². The minimum Gasteiger partial charge on any atom is -0.377 e. The smallest absolute Gasteiger partial charge is 0.226 e. The van der Waals surface area contributed by atoms with Crippen LogP contribution in [-0.4, -0.2) is 74.7 Å². The molecule has 2 saturated heterocycles. The number of likely N-dealkylation sites (tertiary alicyclic amines) is 2. The Morgan fingerprint density at radius 2 is 1.90 bits per heavy atom. The van der Waals surface area contributed by atoms with Crippen molar-refractivity contribution in [1.82, 2.24) is 15.1 Å². The van der Waals surface area contributed by atoms with Crippen LogP contribution in [0.1, 0.15) is 32.6 Å². The molecule has 5 nitrogen and oxygen atoms in total. The van der Waals surface area contributed by atoms with Gasteiger partial charge in [0.25, 0.3) is 0 Å². The summed E-state index contributed by atoms with van der Waals surface area (Å²) >= 11 is 0. The summed E-state index contributed by atoms with van der Waals surface area (Å²) in [6, 6.07) is 0. The van der Waals surface area contributed by atoms with Crippen molar-refractivity contribution in [1.29, 1.82) is 0 Å². The number of hydrogen-bond acceptors (Lipinski definition) is 4. The number of hydrogen-bond donors (Lipinski definition) is 1. The van der Waals surface area contributed by atoms with E-state index in [2.05, 4.69) is 10.2 Å². The molecule has 1 unspecified atom stereocenters. The molecular weight excluding hydrogens is 266 g/mol. The van der Waals surface area contributed by atoms with E-state index in [1.165, 1.54) is 25.9 Å². The summed E-state index contributed by atoms with van der Waals surface area (Å²) in [5.41, 5.74) is 0. The molecule has 0 radical (unpaired) electrons. The molecule has 2 heterocycles. The van der Waals surface area contributed by atoms with E-state index < -0.39 is 0 Å². The van der Waals surface area contributed by atoms with Crippen molar-refractivity contribution in [2.75, 3.05) is 52.9 Å². The monoisotopic (exact) mass is 297 g/mol. The predicted octanol–water partition coefficient (Wildman–Crippen LogP) is 0.945. The lowest BCUT2D eigenvalue weighted by atomic mass is 10.0. The van der Waals surface area contributed by atoms with E-state index in [1.54, 1.807) is 0 Å². The molecule has 2 fully saturated rings. The number of piperidine rings is 1. The molecule has 0 aromatic heterocycles. The third-order valence-corrected chi connectivity index (χ3v) is 4.65. The molecule has 1 amide bonds. The van der Waals surface area contributed by atoms with Crippen LogP contribution < -0.4 is 5.32 Å². The van der Waals surface area contributed by atoms with Gasteiger partial charge in [0.1, 0.15) is 0 Å². The largest absolute Gasteiger partial charge is 0.377 e. The molecule has 2 rings (SSSR count). The number of carbonyl (C=O) groups is 1. The summed E-state index contributed by atoms with van der Waals surface area (Å²) < 4.78 is 5.99. The van der Waals surface area contributed by atoms with Gasteiger partial charge in [-0.3, -0.25) is 4.79 Å². The van der Waals surface area contributed by atoms with Gasteiger partial charge in [-0.05, 0) is 45.8 Å². The Morgan fingerprint density at radius 1 is 1.24 bits per heavy atom. The zero-order valence-electron chi connectivity index (χ0n) is 13.6. The molecule has 122 valence electrons. The molecule has 0 saturated carbocycles. The minimum absolute atomic E-state index is 0.0719. The van der Waals surface area contributed by atoms with Crippen LogP contribution in [0.5, 0.6) is 0 Å². The second-order valence-electron chi connectivity index (χ2n) is 6.40. The second kappa shape index (κ2) is 8.71. The first kappa shape index (κ1) is 16.7. The fourth-order valence-corrected chi connectivity index (χ4v) is 3.30. The van der Waals surface area contributed by atoms with E-state index in [0.29, 0.717) is 6.10 Å². The van der Waals surface area contributed by atoms with Crippen molar-refractivity contribution in [3.8, 4) is 0 Å². The number of nitrogens with one attached hydrogen (secondary N) is 1. The van der Waals surface area contributed by atoms with Gasteiger partial charge in [0.2, 0.25) is 5.91 Å². The van der Waals surface area contributed by atoms with Gasteiger partial charge in [-0.1, -0.05) is 6.92 Å². The Morgan fingerprint density at radius 3 is 2.52 bits per heavy atom. The average Bonchev–Trinajstić information content (AvgIpc) is 3.01. The van der Waals surface area contributed by atoms with E-state index in [1.807, 2.05) is 18.9 Å². The van der Waals surface area contributed by atoms with Crippen molar-refractivity contribution >= 4 is 5.91 Å². The Balaban J connectivity index is 1.60. The first-order valence-corrected chi connectivity index (χ1v) is 8.48. The maximum atomic E-state index is 12.2. The molecule has 21 heavy (non-hydrogen) atoms. The Kier molecular flexibility index (Phi) is 6.93. The number of amides is 1. The lowest BCUT2D eigenvalue weighted by Gasteiger charge is -2.33. The zero-order valence-corrected chi connectivity index (χ0v) is 13.6. The van der Waals surface area contributed by atoms with Crippen molar-refractivity contribution < 1.29 is 9.53 Å². The quantitative estimate of drug-likeness (QED) is 0.760. The molecule has 2 aliphatic heterocycles. The lowest BCUT2D eigenvalue weighted by molar-refractivity contribution is -0.137. The number of carbonyl (C=O) groups excluding carboxylic acids is 1. The zero-order chi connectivity index (χ0) is 15.1. The number of nitrogens with zero attached hydrogens (tertiary/aromatic N) is 2. The molecule has 2 aliphatic rings. The first-order valence-electron chi connectivity index (χ1n) is 8.48. The Hall–Kier alpha value is -0.650. The third-order valence-electron chi connectivity index (χ3n) is 4.65. The Bertz CT molecular complexity index is 311. The van der Waals surface area contributed by atoms with Crippen molar-refractivity contribution in [3.63, 3.8) is 0 Å². The molecule has 0 bridgehead atoms. The summed E-state index contributed by atoms with van der Waals surface area (Å²) in [4.78, 5) is 16.7. The third kappa shape index (κ3) is 5.24. The Labute approximate surface area is 129 Å². The molecule has 5 heteroatoms. The molecule has 0 aromatic rings.